The number of furan rings is 1. The van der Waals surface area contributed by atoms with Crippen molar-refractivity contribution < 1.29 is 4.42 Å². The number of hydrogen-bond acceptors (Lipinski definition) is 2. The summed E-state index contributed by atoms with van der Waals surface area (Å²) in [7, 11) is 0. The molecule has 1 aromatic heterocycles. The fourth-order valence-electron chi connectivity index (χ4n) is 2.27. The lowest BCUT2D eigenvalue weighted by Gasteiger charge is -2.21. The third-order valence-electron chi connectivity index (χ3n) is 3.39. The molecule has 0 saturated carbocycles. The van der Waals surface area contributed by atoms with E-state index in [1.54, 1.807) is 12.3 Å². The van der Waals surface area contributed by atoms with Gasteiger partial charge in [0.15, 0.2) is 0 Å². The van der Waals surface area contributed by atoms with Crippen molar-refractivity contribution in [3.8, 4) is 0 Å². The zero-order valence-corrected chi connectivity index (χ0v) is 13.2. The maximum absolute atomic E-state index is 6.24. The van der Waals surface area contributed by atoms with Gasteiger partial charge in [0.05, 0.1) is 16.3 Å². The van der Waals surface area contributed by atoms with Crippen molar-refractivity contribution in [3.63, 3.8) is 0 Å². The van der Waals surface area contributed by atoms with E-state index >= 15 is 0 Å². The van der Waals surface area contributed by atoms with Gasteiger partial charge in [-0.05, 0) is 44.0 Å². The van der Waals surface area contributed by atoms with Gasteiger partial charge in [-0.2, -0.15) is 0 Å². The smallest absolute Gasteiger partial charge is 0.103 e. The second-order valence-electron chi connectivity index (χ2n) is 5.05. The van der Waals surface area contributed by atoms with E-state index in [2.05, 4.69) is 19.2 Å². The van der Waals surface area contributed by atoms with E-state index in [1.165, 1.54) is 0 Å². The third kappa shape index (κ3) is 4.02. The summed E-state index contributed by atoms with van der Waals surface area (Å²) in [5.74, 6) is 1.02. The van der Waals surface area contributed by atoms with Crippen molar-refractivity contribution >= 4 is 23.2 Å². The van der Waals surface area contributed by atoms with Crippen LogP contribution in [0.1, 0.15) is 37.6 Å². The molecule has 2 unspecified atom stereocenters. The summed E-state index contributed by atoms with van der Waals surface area (Å²) in [6.07, 6.45) is 3.65. The second-order valence-corrected chi connectivity index (χ2v) is 5.84. The van der Waals surface area contributed by atoms with E-state index in [9.17, 15) is 0 Å². The Balaban J connectivity index is 1.90. The third-order valence-corrected chi connectivity index (χ3v) is 4.22. The fraction of sp³-hybridized carbons (Fsp3) is 0.375. The number of aryl methyl sites for hydroxylation is 1. The summed E-state index contributed by atoms with van der Waals surface area (Å²) < 4.78 is 5.34. The van der Waals surface area contributed by atoms with Crippen LogP contribution in [0.5, 0.6) is 0 Å². The van der Waals surface area contributed by atoms with Crippen LogP contribution in [-0.4, -0.2) is 6.04 Å². The number of rotatable bonds is 6. The molecule has 0 saturated heterocycles. The lowest BCUT2D eigenvalue weighted by molar-refractivity contribution is 0.431. The van der Waals surface area contributed by atoms with Crippen LogP contribution in [0.3, 0.4) is 0 Å². The lowest BCUT2D eigenvalue weighted by Crippen LogP contribution is -2.29. The van der Waals surface area contributed by atoms with Gasteiger partial charge in [-0.25, -0.2) is 0 Å². The molecule has 0 aliphatic rings. The molecule has 0 aliphatic heterocycles. The number of benzene rings is 1. The largest absolute Gasteiger partial charge is 0.469 e. The Morgan fingerprint density at radius 3 is 2.65 bits per heavy atom. The second kappa shape index (κ2) is 7.16. The van der Waals surface area contributed by atoms with Crippen LogP contribution in [-0.2, 0) is 6.42 Å². The first-order chi connectivity index (χ1) is 9.58. The molecule has 2 nitrogen and oxygen atoms in total. The normalized spacial score (nSPS) is 14.2. The summed E-state index contributed by atoms with van der Waals surface area (Å²) >= 11 is 12.3. The maximum atomic E-state index is 6.24. The molecule has 1 heterocycles. The molecule has 2 rings (SSSR count). The Morgan fingerprint density at radius 1 is 1.15 bits per heavy atom. The van der Waals surface area contributed by atoms with Crippen LogP contribution in [0.2, 0.25) is 10.0 Å². The minimum absolute atomic E-state index is 0.160. The first-order valence-electron chi connectivity index (χ1n) is 6.80. The van der Waals surface area contributed by atoms with Crippen LogP contribution >= 0.6 is 23.2 Å². The molecule has 0 bridgehead atoms. The molecule has 20 heavy (non-hydrogen) atoms. The van der Waals surface area contributed by atoms with Crippen LogP contribution in [0.15, 0.2) is 41.0 Å². The summed E-state index contributed by atoms with van der Waals surface area (Å²) in [6.45, 7) is 4.26. The van der Waals surface area contributed by atoms with Crippen molar-refractivity contribution in [1.29, 1.82) is 0 Å². The van der Waals surface area contributed by atoms with Gasteiger partial charge in [-0.1, -0.05) is 35.3 Å². The van der Waals surface area contributed by atoms with E-state index in [0.717, 1.165) is 24.2 Å². The van der Waals surface area contributed by atoms with Crippen LogP contribution in [0.4, 0.5) is 0 Å². The highest BCUT2D eigenvalue weighted by atomic mass is 35.5. The van der Waals surface area contributed by atoms with Gasteiger partial charge in [-0.15, -0.1) is 0 Å². The van der Waals surface area contributed by atoms with Gasteiger partial charge in [0.1, 0.15) is 5.76 Å². The highest BCUT2D eigenvalue weighted by Crippen LogP contribution is 2.30. The van der Waals surface area contributed by atoms with E-state index in [-0.39, 0.29) is 6.04 Å². The van der Waals surface area contributed by atoms with Crippen LogP contribution < -0.4 is 5.32 Å². The summed E-state index contributed by atoms with van der Waals surface area (Å²) in [6, 6.07) is 10.2. The molecule has 108 valence electrons. The van der Waals surface area contributed by atoms with Crippen molar-refractivity contribution in [2.45, 2.75) is 38.8 Å². The minimum Gasteiger partial charge on any atom is -0.469 e. The highest BCUT2D eigenvalue weighted by Gasteiger charge is 2.14. The van der Waals surface area contributed by atoms with Gasteiger partial charge in [0.25, 0.3) is 0 Å². The number of nitrogens with one attached hydrogen (secondary N) is 1. The SMILES string of the molecule is CC(CCc1ccco1)NC(C)c1cccc(Cl)c1Cl. The zero-order valence-electron chi connectivity index (χ0n) is 11.7. The Kier molecular flexibility index (Phi) is 5.53. The average Bonchev–Trinajstić information content (AvgIpc) is 2.92. The first-order valence-corrected chi connectivity index (χ1v) is 7.56. The number of halogens is 2. The molecule has 0 spiro atoms. The van der Waals surface area contributed by atoms with Gasteiger partial charge in [-0.3, -0.25) is 0 Å². The van der Waals surface area contributed by atoms with Crippen molar-refractivity contribution in [1.82, 2.24) is 5.32 Å². The summed E-state index contributed by atoms with van der Waals surface area (Å²) in [4.78, 5) is 0. The molecule has 0 aliphatic carbocycles. The van der Waals surface area contributed by atoms with E-state index in [1.807, 2.05) is 24.3 Å². The quantitative estimate of drug-likeness (QED) is 0.787. The van der Waals surface area contributed by atoms with Crippen molar-refractivity contribution in [2.75, 3.05) is 0 Å². The molecular formula is C16H19Cl2NO. The Morgan fingerprint density at radius 2 is 1.95 bits per heavy atom. The van der Waals surface area contributed by atoms with Gasteiger partial charge in [0, 0.05) is 18.5 Å². The van der Waals surface area contributed by atoms with Gasteiger partial charge < -0.3 is 9.73 Å². The predicted octanol–water partition coefficient (Wildman–Crippen LogP) is 5.26. The Hall–Kier alpha value is -0.960. The molecule has 4 heteroatoms. The average molecular weight is 312 g/mol. The fourth-order valence-corrected chi connectivity index (χ4v) is 2.74. The Bertz CT molecular complexity index is 539. The standard InChI is InChI=1S/C16H19Cl2NO/c1-11(8-9-13-5-4-10-20-13)19-12(2)14-6-3-7-15(17)16(14)18/h3-7,10-12,19H,8-9H2,1-2H3. The van der Waals surface area contributed by atoms with Crippen LogP contribution in [0, 0.1) is 0 Å². The van der Waals surface area contributed by atoms with Crippen molar-refractivity contribution in [3.05, 3.63) is 58.0 Å². The zero-order chi connectivity index (χ0) is 14.5. The minimum atomic E-state index is 0.160. The molecule has 0 radical (unpaired) electrons. The first kappa shape index (κ1) is 15.4. The van der Waals surface area contributed by atoms with Gasteiger partial charge >= 0.3 is 0 Å². The van der Waals surface area contributed by atoms with Crippen molar-refractivity contribution in [2.24, 2.45) is 0 Å². The van der Waals surface area contributed by atoms with E-state index in [4.69, 9.17) is 27.6 Å². The molecule has 2 aromatic rings. The predicted molar refractivity (Wildman–Crippen MR) is 84.5 cm³/mol. The van der Waals surface area contributed by atoms with E-state index in [0.29, 0.717) is 16.1 Å². The van der Waals surface area contributed by atoms with Crippen LogP contribution in [0.25, 0.3) is 0 Å². The monoisotopic (exact) mass is 311 g/mol. The molecular weight excluding hydrogens is 293 g/mol. The topological polar surface area (TPSA) is 25.2 Å². The Labute approximate surface area is 130 Å². The molecule has 2 atom stereocenters. The maximum Gasteiger partial charge on any atom is 0.103 e. The van der Waals surface area contributed by atoms with E-state index < -0.39 is 0 Å². The molecule has 1 aromatic carbocycles. The summed E-state index contributed by atoms with van der Waals surface area (Å²) in [5.41, 5.74) is 1.03. The molecule has 0 amide bonds. The summed E-state index contributed by atoms with van der Waals surface area (Å²) in [5, 5.41) is 4.77. The molecule has 1 N–H and O–H groups in total. The lowest BCUT2D eigenvalue weighted by atomic mass is 10.1. The molecule has 0 fully saturated rings. The number of hydrogen-bond donors (Lipinski definition) is 1. The van der Waals surface area contributed by atoms with Gasteiger partial charge in [0.2, 0.25) is 0 Å². The highest BCUT2D eigenvalue weighted by molar-refractivity contribution is 6.42.